The molecular weight excluding hydrogens is 236 g/mol. The van der Waals surface area contributed by atoms with Gasteiger partial charge in [-0.2, -0.15) is 0 Å². The Morgan fingerprint density at radius 1 is 0.889 bits per heavy atom. The SMILES string of the molecule is CC(=O)C(C)OCCCOC(C)OC(C)C(C)=O. The molecule has 0 aromatic rings. The number of hydrogen-bond donors (Lipinski definition) is 0. The largest absolute Gasteiger partial charge is 0.371 e. The lowest BCUT2D eigenvalue weighted by Gasteiger charge is -2.17. The van der Waals surface area contributed by atoms with E-state index in [0.717, 1.165) is 0 Å². The Morgan fingerprint density at radius 3 is 1.89 bits per heavy atom. The first-order chi connectivity index (χ1) is 8.34. The van der Waals surface area contributed by atoms with Crippen LogP contribution in [0.3, 0.4) is 0 Å². The van der Waals surface area contributed by atoms with Gasteiger partial charge in [-0.1, -0.05) is 0 Å². The number of Topliss-reactive ketones (excluding diaryl/α,β-unsaturated/α-hetero) is 2. The first-order valence-corrected chi connectivity index (χ1v) is 6.24. The highest BCUT2D eigenvalue weighted by atomic mass is 16.7. The third-order valence-electron chi connectivity index (χ3n) is 2.55. The lowest BCUT2D eigenvalue weighted by atomic mass is 10.3. The van der Waals surface area contributed by atoms with E-state index in [0.29, 0.717) is 19.6 Å². The van der Waals surface area contributed by atoms with Crippen molar-refractivity contribution in [1.29, 1.82) is 0 Å². The van der Waals surface area contributed by atoms with Gasteiger partial charge < -0.3 is 14.2 Å². The molecule has 0 radical (unpaired) electrons. The average molecular weight is 260 g/mol. The van der Waals surface area contributed by atoms with Gasteiger partial charge in [0.05, 0.1) is 6.61 Å². The molecule has 5 heteroatoms. The minimum atomic E-state index is -0.450. The molecule has 0 N–H and O–H groups in total. The monoisotopic (exact) mass is 260 g/mol. The lowest BCUT2D eigenvalue weighted by Crippen LogP contribution is -2.26. The second-order valence-electron chi connectivity index (χ2n) is 4.30. The van der Waals surface area contributed by atoms with Crippen LogP contribution < -0.4 is 0 Å². The van der Waals surface area contributed by atoms with Gasteiger partial charge in [-0.25, -0.2) is 0 Å². The van der Waals surface area contributed by atoms with E-state index >= 15 is 0 Å². The predicted molar refractivity (Wildman–Crippen MR) is 67.4 cm³/mol. The summed E-state index contributed by atoms with van der Waals surface area (Å²) in [6, 6.07) is 0. The van der Waals surface area contributed by atoms with Crippen LogP contribution in [0.4, 0.5) is 0 Å². The van der Waals surface area contributed by atoms with E-state index < -0.39 is 12.4 Å². The van der Waals surface area contributed by atoms with E-state index in [4.69, 9.17) is 14.2 Å². The van der Waals surface area contributed by atoms with Gasteiger partial charge >= 0.3 is 0 Å². The number of ether oxygens (including phenoxy) is 3. The Hall–Kier alpha value is -0.780. The molecule has 106 valence electrons. The van der Waals surface area contributed by atoms with Gasteiger partial charge in [0.2, 0.25) is 0 Å². The van der Waals surface area contributed by atoms with Crippen molar-refractivity contribution in [3.05, 3.63) is 0 Å². The molecule has 0 spiro atoms. The Bertz CT molecular complexity index is 264. The fourth-order valence-corrected chi connectivity index (χ4v) is 1.11. The van der Waals surface area contributed by atoms with Crippen molar-refractivity contribution >= 4 is 11.6 Å². The molecule has 0 heterocycles. The molecule has 0 aromatic carbocycles. The molecule has 0 saturated carbocycles. The highest BCUT2D eigenvalue weighted by molar-refractivity contribution is 5.80. The topological polar surface area (TPSA) is 61.8 Å². The number of rotatable bonds is 10. The van der Waals surface area contributed by atoms with Gasteiger partial charge in [0.25, 0.3) is 0 Å². The molecular formula is C13H24O5. The lowest BCUT2D eigenvalue weighted by molar-refractivity contribution is -0.168. The standard InChI is InChI=1S/C13H24O5/c1-9(14)11(3)16-7-6-8-17-13(5)18-12(4)10(2)15/h11-13H,6-8H2,1-5H3. The van der Waals surface area contributed by atoms with Crippen molar-refractivity contribution in [3.63, 3.8) is 0 Å². The van der Waals surface area contributed by atoms with Gasteiger partial charge in [-0.05, 0) is 41.0 Å². The maximum atomic E-state index is 11.0. The Balaban J connectivity index is 3.54. The molecule has 0 aliphatic heterocycles. The molecule has 0 saturated heterocycles. The fraction of sp³-hybridized carbons (Fsp3) is 0.846. The van der Waals surface area contributed by atoms with Crippen molar-refractivity contribution in [2.24, 2.45) is 0 Å². The third kappa shape index (κ3) is 8.33. The normalized spacial score (nSPS) is 16.1. The summed E-state index contributed by atoms with van der Waals surface area (Å²) in [6.45, 7) is 9.09. The molecule has 0 fully saturated rings. The van der Waals surface area contributed by atoms with Crippen molar-refractivity contribution in [1.82, 2.24) is 0 Å². The van der Waals surface area contributed by atoms with Crippen LogP contribution in [-0.4, -0.2) is 43.3 Å². The average Bonchev–Trinajstić information content (AvgIpc) is 2.27. The smallest absolute Gasteiger partial charge is 0.158 e. The van der Waals surface area contributed by atoms with Crippen LogP contribution in [0.2, 0.25) is 0 Å². The van der Waals surface area contributed by atoms with Crippen LogP contribution in [0.1, 0.15) is 41.0 Å². The molecule has 0 amide bonds. The highest BCUT2D eigenvalue weighted by Gasteiger charge is 2.12. The Labute approximate surface area is 109 Å². The summed E-state index contributed by atoms with van der Waals surface area (Å²) < 4.78 is 16.0. The van der Waals surface area contributed by atoms with Gasteiger partial charge in [0, 0.05) is 6.61 Å². The predicted octanol–water partition coefficient (Wildman–Crippen LogP) is 1.73. The first-order valence-electron chi connectivity index (χ1n) is 6.24. The molecule has 0 aromatic heterocycles. The number of carbonyl (C=O) groups is 2. The summed E-state index contributed by atoms with van der Waals surface area (Å²) in [5.74, 6) is -0.00744. The first kappa shape index (κ1) is 17.2. The van der Waals surface area contributed by atoms with Crippen molar-refractivity contribution in [3.8, 4) is 0 Å². The highest BCUT2D eigenvalue weighted by Crippen LogP contribution is 2.02. The van der Waals surface area contributed by atoms with Crippen molar-refractivity contribution < 1.29 is 23.8 Å². The van der Waals surface area contributed by atoms with Gasteiger partial charge in [0.15, 0.2) is 17.9 Å². The van der Waals surface area contributed by atoms with Crippen LogP contribution in [0.5, 0.6) is 0 Å². The molecule has 5 nitrogen and oxygen atoms in total. The van der Waals surface area contributed by atoms with E-state index in [2.05, 4.69) is 0 Å². The third-order valence-corrected chi connectivity index (χ3v) is 2.55. The van der Waals surface area contributed by atoms with E-state index in [1.807, 2.05) is 0 Å². The molecule has 3 atom stereocenters. The second kappa shape index (κ2) is 9.19. The molecule has 0 rings (SSSR count). The Morgan fingerprint density at radius 2 is 1.39 bits per heavy atom. The number of hydrogen-bond acceptors (Lipinski definition) is 5. The minimum Gasteiger partial charge on any atom is -0.371 e. The van der Waals surface area contributed by atoms with Crippen molar-refractivity contribution in [2.75, 3.05) is 13.2 Å². The quantitative estimate of drug-likeness (QED) is 0.442. The number of carbonyl (C=O) groups excluding carboxylic acids is 2. The zero-order valence-electron chi connectivity index (χ0n) is 11.9. The molecule has 0 aliphatic carbocycles. The van der Waals surface area contributed by atoms with Crippen LogP contribution in [0.15, 0.2) is 0 Å². The number of ketones is 2. The molecule has 0 bridgehead atoms. The fourth-order valence-electron chi connectivity index (χ4n) is 1.11. The van der Waals surface area contributed by atoms with Crippen LogP contribution in [0.25, 0.3) is 0 Å². The molecule has 3 unspecified atom stereocenters. The summed E-state index contributed by atoms with van der Waals surface area (Å²) in [6.07, 6.45) is -0.556. The summed E-state index contributed by atoms with van der Waals surface area (Å²) in [5, 5.41) is 0. The maximum absolute atomic E-state index is 11.0. The summed E-state index contributed by atoms with van der Waals surface area (Å²) >= 11 is 0. The van der Waals surface area contributed by atoms with Gasteiger partial charge in [0.1, 0.15) is 12.2 Å². The van der Waals surface area contributed by atoms with E-state index in [9.17, 15) is 9.59 Å². The zero-order valence-corrected chi connectivity index (χ0v) is 11.9. The van der Waals surface area contributed by atoms with Crippen LogP contribution in [0, 0.1) is 0 Å². The maximum Gasteiger partial charge on any atom is 0.158 e. The summed E-state index contributed by atoms with van der Waals surface area (Å²) in [4.78, 5) is 21.9. The Kier molecular flexibility index (Phi) is 8.79. The summed E-state index contributed by atoms with van der Waals surface area (Å²) in [5.41, 5.74) is 0. The molecule has 0 aliphatic rings. The zero-order chi connectivity index (χ0) is 14.1. The second-order valence-corrected chi connectivity index (χ2v) is 4.30. The van der Waals surface area contributed by atoms with Crippen LogP contribution in [-0.2, 0) is 23.8 Å². The minimum absolute atomic E-state index is 0.0166. The van der Waals surface area contributed by atoms with E-state index in [1.54, 1.807) is 20.8 Å². The van der Waals surface area contributed by atoms with E-state index in [1.165, 1.54) is 13.8 Å². The molecule has 18 heavy (non-hydrogen) atoms. The van der Waals surface area contributed by atoms with Crippen molar-refractivity contribution in [2.45, 2.75) is 59.5 Å². The van der Waals surface area contributed by atoms with Gasteiger partial charge in [-0.15, -0.1) is 0 Å². The van der Waals surface area contributed by atoms with E-state index in [-0.39, 0.29) is 17.7 Å². The van der Waals surface area contributed by atoms with Crippen LogP contribution >= 0.6 is 0 Å². The van der Waals surface area contributed by atoms with Gasteiger partial charge in [-0.3, -0.25) is 9.59 Å². The summed E-state index contributed by atoms with van der Waals surface area (Å²) in [7, 11) is 0.